The van der Waals surface area contributed by atoms with Crippen LogP contribution in [-0.4, -0.2) is 34.1 Å². The van der Waals surface area contributed by atoms with Gasteiger partial charge in [0.1, 0.15) is 17.1 Å². The summed E-state index contributed by atoms with van der Waals surface area (Å²) in [6.45, 7) is 0. The lowest BCUT2D eigenvalue weighted by atomic mass is 10.1. The number of benzene rings is 3. The Morgan fingerprint density at radius 1 is 0.800 bits per heavy atom. The van der Waals surface area contributed by atoms with Gasteiger partial charge in [-0.05, 0) is 42.5 Å². The normalized spacial score (nSPS) is 11.6. The molecular formula is C22H14O8. The zero-order valence-electron chi connectivity index (χ0n) is 15.3. The molecule has 0 aliphatic carbocycles. The molecule has 0 saturated carbocycles. The van der Waals surface area contributed by atoms with Gasteiger partial charge in [0.25, 0.3) is 0 Å². The molecule has 3 aromatic carbocycles. The van der Waals surface area contributed by atoms with Crippen molar-refractivity contribution >= 4 is 23.9 Å². The molecule has 8 nitrogen and oxygen atoms in total. The third-order valence-electron chi connectivity index (χ3n) is 3.97. The number of phenols is 1. The Balaban J connectivity index is 0.000000172. The smallest absolute Gasteiger partial charge is 0.347 e. The SMILES string of the molecule is O=C(O)c1ccc2c(c1)C(=O)OC2=O.O=C(Oc1ccccc1)c1ccccc1O. The summed E-state index contributed by atoms with van der Waals surface area (Å²) in [5.74, 6) is -2.88. The highest BCUT2D eigenvalue weighted by molar-refractivity contribution is 6.15. The molecule has 0 fully saturated rings. The molecule has 0 bridgehead atoms. The van der Waals surface area contributed by atoms with Crippen LogP contribution < -0.4 is 4.74 Å². The Morgan fingerprint density at radius 2 is 1.43 bits per heavy atom. The Labute approximate surface area is 169 Å². The quantitative estimate of drug-likeness (QED) is 0.385. The molecule has 0 radical (unpaired) electrons. The van der Waals surface area contributed by atoms with Crippen LogP contribution in [0, 0.1) is 0 Å². The number of carboxylic acids is 1. The molecule has 1 heterocycles. The molecule has 0 spiro atoms. The van der Waals surface area contributed by atoms with Gasteiger partial charge in [0.05, 0.1) is 16.7 Å². The molecule has 1 aliphatic heterocycles. The van der Waals surface area contributed by atoms with Crippen LogP contribution in [0.4, 0.5) is 0 Å². The van der Waals surface area contributed by atoms with E-state index in [0.29, 0.717) is 5.75 Å². The molecule has 1 aliphatic rings. The van der Waals surface area contributed by atoms with Gasteiger partial charge in [-0.3, -0.25) is 0 Å². The lowest BCUT2D eigenvalue weighted by Gasteiger charge is -2.04. The van der Waals surface area contributed by atoms with E-state index in [1.54, 1.807) is 36.4 Å². The number of phenolic OH excluding ortho intramolecular Hbond substituents is 1. The predicted octanol–water partition coefficient (Wildman–Crippen LogP) is 3.31. The van der Waals surface area contributed by atoms with E-state index < -0.39 is 23.9 Å². The highest BCUT2D eigenvalue weighted by Gasteiger charge is 2.30. The topological polar surface area (TPSA) is 127 Å². The van der Waals surface area contributed by atoms with Crippen LogP contribution in [-0.2, 0) is 4.74 Å². The van der Waals surface area contributed by atoms with Crippen molar-refractivity contribution in [2.24, 2.45) is 0 Å². The Morgan fingerprint density at radius 3 is 2.10 bits per heavy atom. The minimum absolute atomic E-state index is 0.00917. The summed E-state index contributed by atoms with van der Waals surface area (Å²) in [5, 5.41) is 18.1. The summed E-state index contributed by atoms with van der Waals surface area (Å²) in [6.07, 6.45) is 0. The fraction of sp³-hybridized carbons (Fsp3) is 0. The van der Waals surface area contributed by atoms with E-state index in [0.717, 1.165) is 6.07 Å². The van der Waals surface area contributed by atoms with E-state index in [1.807, 2.05) is 6.07 Å². The van der Waals surface area contributed by atoms with E-state index in [1.165, 1.54) is 24.3 Å². The lowest BCUT2D eigenvalue weighted by molar-refractivity contribution is 0.0442. The van der Waals surface area contributed by atoms with Crippen LogP contribution in [0.25, 0.3) is 0 Å². The number of carbonyl (C=O) groups is 4. The van der Waals surface area contributed by atoms with Crippen LogP contribution >= 0.6 is 0 Å². The van der Waals surface area contributed by atoms with Gasteiger partial charge in [0.15, 0.2) is 0 Å². The van der Waals surface area contributed by atoms with Crippen molar-refractivity contribution in [1.82, 2.24) is 0 Å². The third kappa shape index (κ3) is 4.50. The van der Waals surface area contributed by atoms with Crippen LogP contribution in [0.15, 0.2) is 72.8 Å². The van der Waals surface area contributed by atoms with Gasteiger partial charge < -0.3 is 19.7 Å². The zero-order valence-corrected chi connectivity index (χ0v) is 15.3. The standard InChI is InChI=1S/C13H10O3.C9H4O5/c14-12-9-5-4-8-11(12)13(15)16-10-6-2-1-3-7-10;10-7(11)4-1-2-5-6(3-4)9(13)14-8(5)12/h1-9,14H;1-3H,(H,10,11). The van der Waals surface area contributed by atoms with E-state index in [9.17, 15) is 24.3 Å². The van der Waals surface area contributed by atoms with Gasteiger partial charge in [-0.1, -0.05) is 30.3 Å². The fourth-order valence-corrected chi connectivity index (χ4v) is 2.52. The summed E-state index contributed by atoms with van der Waals surface area (Å²) >= 11 is 0. The Hall–Kier alpha value is -4.46. The minimum atomic E-state index is -1.15. The van der Waals surface area contributed by atoms with Crippen LogP contribution in [0.3, 0.4) is 0 Å². The summed E-state index contributed by atoms with van der Waals surface area (Å²) in [5.41, 5.74) is 0.233. The summed E-state index contributed by atoms with van der Waals surface area (Å²) in [7, 11) is 0. The molecule has 0 amide bonds. The van der Waals surface area contributed by atoms with Gasteiger partial charge in [-0.2, -0.15) is 0 Å². The second-order valence-electron chi connectivity index (χ2n) is 5.96. The van der Waals surface area contributed by atoms with Gasteiger partial charge >= 0.3 is 23.9 Å². The molecule has 8 heteroatoms. The van der Waals surface area contributed by atoms with Gasteiger partial charge in [-0.15, -0.1) is 0 Å². The molecule has 0 unspecified atom stereocenters. The average Bonchev–Trinajstić information content (AvgIpc) is 3.02. The highest BCUT2D eigenvalue weighted by atomic mass is 16.6. The van der Waals surface area contributed by atoms with Crippen molar-refractivity contribution in [2.45, 2.75) is 0 Å². The average molecular weight is 406 g/mol. The number of carbonyl (C=O) groups excluding carboxylic acids is 3. The maximum absolute atomic E-state index is 11.7. The van der Waals surface area contributed by atoms with E-state index in [4.69, 9.17) is 9.84 Å². The number of hydrogen-bond donors (Lipinski definition) is 2. The maximum atomic E-state index is 11.7. The highest BCUT2D eigenvalue weighted by Crippen LogP contribution is 2.21. The zero-order chi connectivity index (χ0) is 21.7. The number of hydrogen-bond acceptors (Lipinski definition) is 7. The van der Waals surface area contributed by atoms with Crippen LogP contribution in [0.1, 0.15) is 41.4 Å². The molecule has 150 valence electrons. The first kappa shape index (κ1) is 20.3. The first-order valence-corrected chi connectivity index (χ1v) is 8.56. The number of rotatable bonds is 3. The van der Waals surface area contributed by atoms with Crippen molar-refractivity contribution in [2.75, 3.05) is 0 Å². The number of cyclic esters (lactones) is 2. The van der Waals surface area contributed by atoms with Crippen molar-refractivity contribution < 1.29 is 38.9 Å². The Kier molecular flexibility index (Phi) is 5.88. The van der Waals surface area contributed by atoms with Gasteiger partial charge in [0.2, 0.25) is 0 Å². The third-order valence-corrected chi connectivity index (χ3v) is 3.97. The van der Waals surface area contributed by atoms with E-state index in [-0.39, 0.29) is 28.0 Å². The number of carboxylic acid groups (broad SMARTS) is 1. The molecule has 0 atom stereocenters. The molecule has 30 heavy (non-hydrogen) atoms. The number of aromatic hydroxyl groups is 1. The first-order valence-electron chi connectivity index (χ1n) is 8.56. The molecule has 3 aromatic rings. The number of esters is 3. The first-order chi connectivity index (χ1) is 14.4. The number of para-hydroxylation sites is 2. The molecule has 4 rings (SSSR count). The summed E-state index contributed by atoms with van der Waals surface area (Å²) in [4.78, 5) is 44.2. The van der Waals surface area contributed by atoms with E-state index in [2.05, 4.69) is 4.74 Å². The molecule has 2 N–H and O–H groups in total. The summed E-state index contributed by atoms with van der Waals surface area (Å²) < 4.78 is 9.38. The van der Waals surface area contributed by atoms with Crippen LogP contribution in [0.2, 0.25) is 0 Å². The monoisotopic (exact) mass is 406 g/mol. The largest absolute Gasteiger partial charge is 0.507 e. The number of fused-ring (bicyclic) bond motifs is 1. The predicted molar refractivity (Wildman–Crippen MR) is 103 cm³/mol. The fourth-order valence-electron chi connectivity index (χ4n) is 2.52. The van der Waals surface area contributed by atoms with Crippen molar-refractivity contribution in [1.29, 1.82) is 0 Å². The minimum Gasteiger partial charge on any atom is -0.507 e. The second-order valence-corrected chi connectivity index (χ2v) is 5.96. The van der Waals surface area contributed by atoms with Crippen molar-refractivity contribution in [3.05, 3.63) is 95.1 Å². The van der Waals surface area contributed by atoms with Crippen molar-refractivity contribution in [3.8, 4) is 11.5 Å². The summed E-state index contributed by atoms with van der Waals surface area (Å²) in [6, 6.07) is 18.7. The maximum Gasteiger partial charge on any atom is 0.347 e. The number of ether oxygens (including phenoxy) is 2. The molecule has 0 aromatic heterocycles. The van der Waals surface area contributed by atoms with Crippen molar-refractivity contribution in [3.63, 3.8) is 0 Å². The Bertz CT molecular complexity index is 1130. The van der Waals surface area contributed by atoms with Crippen LogP contribution in [0.5, 0.6) is 11.5 Å². The number of aromatic carboxylic acids is 1. The molecular weight excluding hydrogens is 392 g/mol. The van der Waals surface area contributed by atoms with Gasteiger partial charge in [0, 0.05) is 0 Å². The van der Waals surface area contributed by atoms with Gasteiger partial charge in [-0.25, -0.2) is 19.2 Å². The lowest BCUT2D eigenvalue weighted by Crippen LogP contribution is -2.08. The molecule has 0 saturated heterocycles. The second kappa shape index (κ2) is 8.70. The van der Waals surface area contributed by atoms with E-state index >= 15 is 0 Å².